The number of rotatable bonds is 4. The fourth-order valence-electron chi connectivity index (χ4n) is 3.42. The van der Waals surface area contributed by atoms with Gasteiger partial charge >= 0.3 is 0 Å². The van der Waals surface area contributed by atoms with Gasteiger partial charge in [-0.2, -0.15) is 0 Å². The molecule has 1 atom stereocenters. The van der Waals surface area contributed by atoms with Gasteiger partial charge in [0.05, 0.1) is 30.7 Å². The number of amides is 1. The number of benzene rings is 2. The molecule has 4 rings (SSSR count). The number of carbonyl (C=O) groups excluding carboxylic acids is 1. The zero-order chi connectivity index (χ0) is 18.1. The number of carbonyl (C=O) groups is 1. The first-order valence-electron chi connectivity index (χ1n) is 8.79. The largest absolute Gasteiger partial charge is 0.497 e. The Balaban J connectivity index is 1.48. The van der Waals surface area contributed by atoms with Crippen molar-refractivity contribution < 1.29 is 9.53 Å². The van der Waals surface area contributed by atoms with Gasteiger partial charge in [-0.15, -0.1) is 0 Å². The standard InChI is InChI=1S/C20H22N4O2/c1-14-20(25)24(15-7-9-16(26-2)10-8-15)12-11-23(14)13-19-21-17-5-3-4-6-18(17)22-19/h3-10,14H,11-13H2,1-2H3,(H,21,22)/t14-/m0/s1. The van der Waals surface area contributed by atoms with Crippen LogP contribution in [0.3, 0.4) is 0 Å². The van der Waals surface area contributed by atoms with E-state index >= 15 is 0 Å². The van der Waals surface area contributed by atoms with Crippen LogP contribution in [-0.4, -0.2) is 47.0 Å². The quantitative estimate of drug-likeness (QED) is 0.786. The van der Waals surface area contributed by atoms with Crippen molar-refractivity contribution in [2.24, 2.45) is 0 Å². The highest BCUT2D eigenvalue weighted by Crippen LogP contribution is 2.24. The highest BCUT2D eigenvalue weighted by atomic mass is 16.5. The molecule has 0 unspecified atom stereocenters. The molecule has 0 radical (unpaired) electrons. The lowest BCUT2D eigenvalue weighted by Gasteiger charge is -2.38. The SMILES string of the molecule is COc1ccc(N2CCN(Cc3nc4ccccc4[nH]3)[C@@H](C)C2=O)cc1. The number of anilines is 1. The van der Waals surface area contributed by atoms with E-state index in [9.17, 15) is 4.79 Å². The summed E-state index contributed by atoms with van der Waals surface area (Å²) in [7, 11) is 1.64. The van der Waals surface area contributed by atoms with Gasteiger partial charge in [0.2, 0.25) is 5.91 Å². The van der Waals surface area contributed by atoms with Gasteiger partial charge in [0.15, 0.2) is 0 Å². The molecule has 0 saturated carbocycles. The Kier molecular flexibility index (Phi) is 4.34. The van der Waals surface area contributed by atoms with E-state index in [1.807, 2.05) is 60.4 Å². The van der Waals surface area contributed by atoms with E-state index in [-0.39, 0.29) is 11.9 Å². The predicted octanol–water partition coefficient (Wildman–Crippen LogP) is 2.81. The van der Waals surface area contributed by atoms with Crippen LogP contribution in [0.2, 0.25) is 0 Å². The van der Waals surface area contributed by atoms with Gasteiger partial charge in [-0.25, -0.2) is 4.98 Å². The lowest BCUT2D eigenvalue weighted by atomic mass is 10.1. The number of hydrogen-bond acceptors (Lipinski definition) is 4. The molecule has 1 aliphatic rings. The zero-order valence-corrected chi connectivity index (χ0v) is 15.0. The van der Waals surface area contributed by atoms with E-state index in [0.717, 1.165) is 34.8 Å². The van der Waals surface area contributed by atoms with Crippen LogP contribution in [0, 0.1) is 0 Å². The van der Waals surface area contributed by atoms with E-state index < -0.39 is 0 Å². The topological polar surface area (TPSA) is 61.5 Å². The van der Waals surface area contributed by atoms with E-state index in [1.165, 1.54) is 0 Å². The number of aromatic amines is 1. The average Bonchev–Trinajstić information content (AvgIpc) is 3.08. The lowest BCUT2D eigenvalue weighted by Crippen LogP contribution is -2.55. The Morgan fingerprint density at radius 3 is 2.65 bits per heavy atom. The number of piperazine rings is 1. The van der Waals surface area contributed by atoms with Crippen molar-refractivity contribution in [3.05, 3.63) is 54.4 Å². The van der Waals surface area contributed by atoms with E-state index in [4.69, 9.17) is 4.74 Å². The fourth-order valence-corrected chi connectivity index (χ4v) is 3.42. The van der Waals surface area contributed by atoms with Crippen molar-refractivity contribution in [1.29, 1.82) is 0 Å². The molecule has 2 heterocycles. The summed E-state index contributed by atoms with van der Waals surface area (Å²) in [6.07, 6.45) is 0. The van der Waals surface area contributed by atoms with E-state index in [1.54, 1.807) is 7.11 Å². The Morgan fingerprint density at radius 2 is 1.92 bits per heavy atom. The lowest BCUT2D eigenvalue weighted by molar-refractivity contribution is -0.125. The highest BCUT2D eigenvalue weighted by Gasteiger charge is 2.32. The third-order valence-electron chi connectivity index (χ3n) is 4.96. The predicted molar refractivity (Wildman–Crippen MR) is 101 cm³/mol. The molecule has 6 heteroatoms. The molecule has 1 N–H and O–H groups in total. The average molecular weight is 350 g/mol. The van der Waals surface area contributed by atoms with Gasteiger partial charge in [-0.1, -0.05) is 12.1 Å². The molecule has 1 fully saturated rings. The second-order valence-electron chi connectivity index (χ2n) is 6.53. The van der Waals surface area contributed by atoms with Crippen molar-refractivity contribution >= 4 is 22.6 Å². The van der Waals surface area contributed by atoms with Crippen LogP contribution in [0.15, 0.2) is 48.5 Å². The Bertz CT molecular complexity index is 886. The normalized spacial score (nSPS) is 18.5. The fraction of sp³-hybridized carbons (Fsp3) is 0.300. The number of nitrogens with zero attached hydrogens (tertiary/aromatic N) is 3. The van der Waals surface area contributed by atoms with Gasteiger partial charge in [0, 0.05) is 18.8 Å². The summed E-state index contributed by atoms with van der Waals surface area (Å²) in [5, 5.41) is 0. The van der Waals surface area contributed by atoms with Crippen molar-refractivity contribution in [2.45, 2.75) is 19.5 Å². The number of fused-ring (bicyclic) bond motifs is 1. The van der Waals surface area contributed by atoms with Gasteiger partial charge < -0.3 is 14.6 Å². The van der Waals surface area contributed by atoms with Gasteiger partial charge in [-0.05, 0) is 43.3 Å². The summed E-state index contributed by atoms with van der Waals surface area (Å²) >= 11 is 0. The number of methoxy groups -OCH3 is 1. The molecule has 26 heavy (non-hydrogen) atoms. The van der Waals surface area contributed by atoms with Crippen LogP contribution in [0.25, 0.3) is 11.0 Å². The molecule has 0 aliphatic carbocycles. The number of imidazole rings is 1. The Morgan fingerprint density at radius 1 is 1.15 bits per heavy atom. The van der Waals surface area contributed by atoms with Crippen LogP contribution in [0.1, 0.15) is 12.7 Å². The van der Waals surface area contributed by atoms with Crippen molar-refractivity contribution in [2.75, 3.05) is 25.1 Å². The summed E-state index contributed by atoms with van der Waals surface area (Å²) in [5.41, 5.74) is 2.89. The minimum absolute atomic E-state index is 0.109. The molecular formula is C20H22N4O2. The highest BCUT2D eigenvalue weighted by molar-refractivity contribution is 5.97. The van der Waals surface area contributed by atoms with Crippen LogP contribution in [0.4, 0.5) is 5.69 Å². The molecule has 134 valence electrons. The van der Waals surface area contributed by atoms with Gasteiger partial charge in [0.1, 0.15) is 11.6 Å². The molecule has 1 saturated heterocycles. The Labute approximate surface area is 152 Å². The second-order valence-corrected chi connectivity index (χ2v) is 6.53. The Hall–Kier alpha value is -2.86. The minimum atomic E-state index is -0.195. The van der Waals surface area contributed by atoms with Crippen LogP contribution in [-0.2, 0) is 11.3 Å². The molecule has 2 aromatic carbocycles. The first kappa shape index (κ1) is 16.6. The number of aromatic nitrogens is 2. The zero-order valence-electron chi connectivity index (χ0n) is 15.0. The number of hydrogen-bond donors (Lipinski definition) is 1. The molecule has 6 nitrogen and oxygen atoms in total. The van der Waals surface area contributed by atoms with Crippen LogP contribution >= 0.6 is 0 Å². The number of nitrogens with one attached hydrogen (secondary N) is 1. The van der Waals surface area contributed by atoms with Gasteiger partial charge in [0.25, 0.3) is 0 Å². The third-order valence-corrected chi connectivity index (χ3v) is 4.96. The number of para-hydroxylation sites is 2. The molecule has 1 aliphatic heterocycles. The van der Waals surface area contributed by atoms with Crippen LogP contribution in [0.5, 0.6) is 5.75 Å². The molecule has 0 bridgehead atoms. The maximum absolute atomic E-state index is 12.9. The molecular weight excluding hydrogens is 328 g/mol. The van der Waals surface area contributed by atoms with E-state index in [0.29, 0.717) is 13.1 Å². The minimum Gasteiger partial charge on any atom is -0.497 e. The smallest absolute Gasteiger partial charge is 0.244 e. The molecule has 1 amide bonds. The molecule has 3 aromatic rings. The number of ether oxygens (including phenoxy) is 1. The number of H-pyrrole nitrogens is 1. The van der Waals surface area contributed by atoms with Crippen molar-refractivity contribution in [3.8, 4) is 5.75 Å². The first-order chi connectivity index (χ1) is 12.7. The summed E-state index contributed by atoms with van der Waals surface area (Å²) < 4.78 is 5.19. The van der Waals surface area contributed by atoms with Crippen molar-refractivity contribution in [3.63, 3.8) is 0 Å². The molecule has 1 aromatic heterocycles. The maximum atomic E-state index is 12.9. The van der Waals surface area contributed by atoms with Crippen molar-refractivity contribution in [1.82, 2.24) is 14.9 Å². The van der Waals surface area contributed by atoms with E-state index in [2.05, 4.69) is 14.9 Å². The maximum Gasteiger partial charge on any atom is 0.244 e. The second kappa shape index (κ2) is 6.80. The molecule has 0 spiro atoms. The summed E-state index contributed by atoms with van der Waals surface area (Å²) in [6.45, 7) is 4.06. The third kappa shape index (κ3) is 3.04. The van der Waals surface area contributed by atoms with Gasteiger partial charge in [-0.3, -0.25) is 9.69 Å². The summed E-state index contributed by atoms with van der Waals surface area (Å²) in [4.78, 5) is 24.9. The summed E-state index contributed by atoms with van der Waals surface area (Å²) in [6, 6.07) is 15.4. The van der Waals surface area contributed by atoms with Crippen LogP contribution < -0.4 is 9.64 Å². The summed E-state index contributed by atoms with van der Waals surface area (Å²) in [5.74, 6) is 1.79. The monoisotopic (exact) mass is 350 g/mol. The first-order valence-corrected chi connectivity index (χ1v) is 8.79.